The molecule has 0 radical (unpaired) electrons. The first-order valence-corrected chi connectivity index (χ1v) is 21.5. The molecule has 284 valence electrons. The maximum Gasteiger partial charge on any atom is -0.0276 e. The van der Waals surface area contributed by atoms with Crippen molar-refractivity contribution in [2.24, 2.45) is 35.5 Å². The van der Waals surface area contributed by atoms with Gasteiger partial charge in [-0.3, -0.25) is 0 Å². The van der Waals surface area contributed by atoms with Gasteiger partial charge in [0, 0.05) is 0 Å². The molecule has 0 saturated heterocycles. The molecule has 2 aliphatic rings. The van der Waals surface area contributed by atoms with Gasteiger partial charge in [0.05, 0.1) is 0 Å². The third kappa shape index (κ3) is 16.9. The molecule has 0 N–H and O–H groups in total. The van der Waals surface area contributed by atoms with E-state index in [9.17, 15) is 0 Å². The quantitative estimate of drug-likeness (QED) is 0.177. The van der Waals surface area contributed by atoms with Crippen LogP contribution in [-0.2, 0) is 19.3 Å². The minimum absolute atomic E-state index is 0.849. The van der Waals surface area contributed by atoms with Crippen molar-refractivity contribution in [3.05, 3.63) is 105 Å². The Morgan fingerprint density at radius 2 is 0.941 bits per heavy atom. The molecule has 0 heterocycles. The summed E-state index contributed by atoms with van der Waals surface area (Å²) in [4.78, 5) is 0. The van der Waals surface area contributed by atoms with Gasteiger partial charge in [0.15, 0.2) is 0 Å². The Labute approximate surface area is 318 Å². The maximum absolute atomic E-state index is 2.41. The van der Waals surface area contributed by atoms with E-state index in [-0.39, 0.29) is 0 Å². The van der Waals surface area contributed by atoms with E-state index in [1.807, 2.05) is 0 Å². The number of hydrogen-bond acceptors (Lipinski definition) is 0. The molecule has 2 saturated carbocycles. The zero-order chi connectivity index (χ0) is 37.3. The largest absolute Gasteiger partial charge is 0.0628 e. The molecule has 5 rings (SSSR count). The molecule has 0 bridgehead atoms. The summed E-state index contributed by atoms with van der Waals surface area (Å²) >= 11 is 0. The van der Waals surface area contributed by atoms with Crippen LogP contribution in [0.15, 0.2) is 54.6 Å². The van der Waals surface area contributed by atoms with Gasteiger partial charge in [-0.1, -0.05) is 159 Å². The molecule has 1 unspecified atom stereocenters. The highest BCUT2D eigenvalue weighted by Gasteiger charge is 2.19. The third-order valence-electron chi connectivity index (χ3n) is 12.8. The summed E-state index contributed by atoms with van der Waals surface area (Å²) < 4.78 is 0. The Balaban J connectivity index is 0.000000207. The van der Waals surface area contributed by atoms with Crippen molar-refractivity contribution in [3.63, 3.8) is 0 Å². The second-order valence-corrected chi connectivity index (χ2v) is 18.2. The summed E-state index contributed by atoms with van der Waals surface area (Å²) in [5.74, 6) is 5.65. The summed E-state index contributed by atoms with van der Waals surface area (Å²) in [6.45, 7) is 25.1. The lowest BCUT2D eigenvalue weighted by Gasteiger charge is -2.26. The van der Waals surface area contributed by atoms with Gasteiger partial charge in [0.1, 0.15) is 0 Å². The maximum atomic E-state index is 2.41. The molecule has 51 heavy (non-hydrogen) atoms. The van der Waals surface area contributed by atoms with Crippen molar-refractivity contribution in [2.75, 3.05) is 0 Å². The van der Waals surface area contributed by atoms with Crippen molar-refractivity contribution in [1.29, 1.82) is 0 Å². The van der Waals surface area contributed by atoms with Gasteiger partial charge < -0.3 is 0 Å². The Bertz CT molecular complexity index is 1350. The molecule has 2 fully saturated rings. The van der Waals surface area contributed by atoms with Crippen LogP contribution in [0.5, 0.6) is 0 Å². The minimum Gasteiger partial charge on any atom is -0.0628 e. The molecule has 3 aromatic rings. The average molecular weight is 693 g/mol. The van der Waals surface area contributed by atoms with Crippen molar-refractivity contribution < 1.29 is 0 Å². The first kappa shape index (κ1) is 43.1. The SMILES string of the molecule is Cc1cc(CCC2CCC(C)CC2)cc(C)c1C.Cc1ccc(CCC(C)CCC(C)C)cc1.Cc1ccc(CCC2CCC(C)CC2)cc1C. The molecule has 2 aliphatic carbocycles. The fraction of sp³-hybridized carbons (Fsp3) is 0.647. The van der Waals surface area contributed by atoms with Crippen LogP contribution in [-0.4, -0.2) is 0 Å². The topological polar surface area (TPSA) is 0 Å². The zero-order valence-corrected chi connectivity index (χ0v) is 35.5. The van der Waals surface area contributed by atoms with Crippen LogP contribution in [0.3, 0.4) is 0 Å². The van der Waals surface area contributed by atoms with Gasteiger partial charge in [-0.2, -0.15) is 0 Å². The fourth-order valence-electron chi connectivity index (χ4n) is 8.14. The first-order chi connectivity index (χ1) is 24.3. The summed E-state index contributed by atoms with van der Waals surface area (Å²) in [5.41, 5.74) is 13.2. The predicted molar refractivity (Wildman–Crippen MR) is 228 cm³/mol. The Morgan fingerprint density at radius 3 is 1.43 bits per heavy atom. The van der Waals surface area contributed by atoms with E-state index in [0.29, 0.717) is 0 Å². The van der Waals surface area contributed by atoms with Gasteiger partial charge in [-0.15, -0.1) is 0 Å². The van der Waals surface area contributed by atoms with E-state index in [0.717, 1.165) is 35.5 Å². The van der Waals surface area contributed by atoms with E-state index in [1.54, 1.807) is 5.56 Å². The molecule has 3 aromatic carbocycles. The van der Waals surface area contributed by atoms with Crippen LogP contribution in [0.25, 0.3) is 0 Å². The molecule has 0 spiro atoms. The van der Waals surface area contributed by atoms with Gasteiger partial charge >= 0.3 is 0 Å². The Kier molecular flexibility index (Phi) is 19.1. The number of benzene rings is 3. The lowest BCUT2D eigenvalue weighted by Crippen LogP contribution is -2.13. The molecule has 0 aliphatic heterocycles. The first-order valence-electron chi connectivity index (χ1n) is 21.5. The molecular weight excluding hydrogens is 613 g/mol. The van der Waals surface area contributed by atoms with E-state index >= 15 is 0 Å². The highest BCUT2D eigenvalue weighted by Crippen LogP contribution is 2.32. The third-order valence-corrected chi connectivity index (χ3v) is 12.8. The van der Waals surface area contributed by atoms with E-state index in [1.165, 1.54) is 147 Å². The Hall–Kier alpha value is -2.34. The Morgan fingerprint density at radius 1 is 0.471 bits per heavy atom. The predicted octanol–water partition coefficient (Wildman–Crippen LogP) is 15.4. The highest BCUT2D eigenvalue weighted by molar-refractivity contribution is 5.37. The van der Waals surface area contributed by atoms with Gasteiger partial charge in [0.2, 0.25) is 0 Å². The van der Waals surface area contributed by atoms with Gasteiger partial charge in [-0.05, 0) is 160 Å². The summed E-state index contributed by atoms with van der Waals surface area (Å²) in [7, 11) is 0. The smallest absolute Gasteiger partial charge is 0.0276 e. The second-order valence-electron chi connectivity index (χ2n) is 18.2. The van der Waals surface area contributed by atoms with Crippen molar-refractivity contribution in [3.8, 4) is 0 Å². The lowest BCUT2D eigenvalue weighted by atomic mass is 9.80. The van der Waals surface area contributed by atoms with Gasteiger partial charge in [-0.25, -0.2) is 0 Å². The molecule has 0 heteroatoms. The normalized spacial score (nSPS) is 20.9. The van der Waals surface area contributed by atoms with Crippen LogP contribution < -0.4 is 0 Å². The van der Waals surface area contributed by atoms with E-state index < -0.39 is 0 Å². The molecule has 1 atom stereocenters. The number of hydrogen-bond donors (Lipinski definition) is 0. The summed E-state index contributed by atoms with van der Waals surface area (Å²) in [5, 5.41) is 0. The van der Waals surface area contributed by atoms with Crippen LogP contribution in [0, 0.1) is 77.0 Å². The standard InChI is InChI=1S/C18H28.C17H26.C16H26/c1-13-5-7-17(8-6-13)9-10-18-11-14(2)16(4)15(3)12-18;1-13-4-7-16(8-5-13)10-11-17-9-6-14(2)15(3)12-17;1-13(2)5-6-14(3)7-10-16-11-8-15(4)9-12-16/h11-13,17H,5-10H2,1-4H3;6,9,12-13,16H,4-5,7-8,10-11H2,1-3H3;8-9,11-14H,5-7,10H2,1-4H3. The monoisotopic (exact) mass is 693 g/mol. The lowest BCUT2D eigenvalue weighted by molar-refractivity contribution is 0.278. The van der Waals surface area contributed by atoms with Crippen LogP contribution in [0.4, 0.5) is 0 Å². The van der Waals surface area contributed by atoms with Crippen molar-refractivity contribution in [1.82, 2.24) is 0 Å². The highest BCUT2D eigenvalue weighted by atomic mass is 14.2. The number of aryl methyl sites for hydroxylation is 8. The summed E-state index contributed by atoms with van der Waals surface area (Å²) in [6.07, 6.45) is 22.3. The average Bonchev–Trinajstić information content (AvgIpc) is 3.11. The van der Waals surface area contributed by atoms with Crippen molar-refractivity contribution in [2.45, 2.75) is 179 Å². The van der Waals surface area contributed by atoms with E-state index in [4.69, 9.17) is 0 Å². The van der Waals surface area contributed by atoms with Crippen LogP contribution in [0.1, 0.15) is 168 Å². The van der Waals surface area contributed by atoms with Crippen LogP contribution >= 0.6 is 0 Å². The number of rotatable bonds is 12. The van der Waals surface area contributed by atoms with Crippen molar-refractivity contribution >= 4 is 0 Å². The van der Waals surface area contributed by atoms with Crippen LogP contribution in [0.2, 0.25) is 0 Å². The molecule has 0 aromatic heterocycles. The minimum atomic E-state index is 0.849. The van der Waals surface area contributed by atoms with E-state index in [2.05, 4.69) is 131 Å². The molecule has 0 nitrogen and oxygen atoms in total. The molecule has 0 amide bonds. The second kappa shape index (κ2) is 22.7. The van der Waals surface area contributed by atoms with Gasteiger partial charge in [0.25, 0.3) is 0 Å². The fourth-order valence-corrected chi connectivity index (χ4v) is 8.14. The summed E-state index contributed by atoms with van der Waals surface area (Å²) in [6, 6.07) is 20.7. The molecular formula is C51H80. The zero-order valence-electron chi connectivity index (χ0n) is 35.5.